The number of carbonyl (C=O) groups is 1. The van der Waals surface area contributed by atoms with Crippen molar-refractivity contribution in [2.75, 3.05) is 12.4 Å². The molecule has 1 atom stereocenters. The molecule has 19 heavy (non-hydrogen) atoms. The minimum Gasteiger partial charge on any atom is -0.364 e. The molecule has 0 fully saturated rings. The van der Waals surface area contributed by atoms with Crippen molar-refractivity contribution in [1.29, 1.82) is 0 Å². The molecule has 0 aliphatic rings. The fourth-order valence-electron chi connectivity index (χ4n) is 1.56. The first-order valence-corrected chi connectivity index (χ1v) is 5.84. The lowest BCUT2D eigenvalue weighted by atomic mass is 10.3. The Hall–Kier alpha value is -2.51. The highest BCUT2D eigenvalue weighted by atomic mass is 16.1. The zero-order valence-electron chi connectivity index (χ0n) is 10.7. The molecule has 8 heteroatoms. The zero-order valence-corrected chi connectivity index (χ0v) is 10.7. The average Bonchev–Trinajstić information content (AvgIpc) is 2.91. The van der Waals surface area contributed by atoms with E-state index in [1.807, 2.05) is 6.92 Å². The topological polar surface area (TPSA) is 97.6 Å². The van der Waals surface area contributed by atoms with Gasteiger partial charge in [0.05, 0.1) is 6.54 Å². The summed E-state index contributed by atoms with van der Waals surface area (Å²) < 4.78 is 1.73. The summed E-state index contributed by atoms with van der Waals surface area (Å²) in [7, 11) is 1.55. The van der Waals surface area contributed by atoms with Crippen LogP contribution in [0.25, 0.3) is 0 Å². The number of amides is 1. The van der Waals surface area contributed by atoms with E-state index in [0.717, 1.165) is 0 Å². The van der Waals surface area contributed by atoms with Gasteiger partial charge in [0.15, 0.2) is 5.69 Å². The van der Waals surface area contributed by atoms with Crippen molar-refractivity contribution in [2.24, 2.45) is 0 Å². The summed E-state index contributed by atoms with van der Waals surface area (Å²) in [5.74, 6) is 0.356. The molecule has 0 saturated carbocycles. The lowest BCUT2D eigenvalue weighted by Crippen LogP contribution is -2.24. The first-order chi connectivity index (χ1) is 9.19. The van der Waals surface area contributed by atoms with E-state index >= 15 is 0 Å². The number of aromatic nitrogens is 5. The Kier molecular flexibility index (Phi) is 4.01. The Labute approximate surface area is 110 Å². The number of carbonyl (C=O) groups excluding carboxylic acids is 1. The van der Waals surface area contributed by atoms with Crippen molar-refractivity contribution in [2.45, 2.75) is 19.5 Å². The minimum atomic E-state index is -0.255. The summed E-state index contributed by atoms with van der Waals surface area (Å²) in [5, 5.41) is 17.5. The number of nitrogens with zero attached hydrogens (tertiary/aromatic N) is 5. The maximum atomic E-state index is 11.3. The maximum absolute atomic E-state index is 11.3. The second kappa shape index (κ2) is 5.89. The molecule has 0 aromatic carbocycles. The first-order valence-electron chi connectivity index (χ1n) is 5.84. The van der Waals surface area contributed by atoms with Gasteiger partial charge in [-0.2, -0.15) is 5.10 Å². The van der Waals surface area contributed by atoms with E-state index in [4.69, 9.17) is 0 Å². The van der Waals surface area contributed by atoms with Crippen LogP contribution in [0, 0.1) is 0 Å². The van der Waals surface area contributed by atoms with E-state index in [-0.39, 0.29) is 17.6 Å². The van der Waals surface area contributed by atoms with Crippen molar-refractivity contribution in [3.8, 4) is 0 Å². The van der Waals surface area contributed by atoms with E-state index in [9.17, 15) is 4.79 Å². The summed E-state index contributed by atoms with van der Waals surface area (Å²) in [6.45, 7) is 2.66. The normalized spacial score (nSPS) is 11.9. The summed E-state index contributed by atoms with van der Waals surface area (Å²) in [6, 6.07) is 3.45. The van der Waals surface area contributed by atoms with Crippen LogP contribution in [0.2, 0.25) is 0 Å². The van der Waals surface area contributed by atoms with Crippen molar-refractivity contribution < 1.29 is 4.79 Å². The van der Waals surface area contributed by atoms with Crippen LogP contribution in [0.3, 0.4) is 0 Å². The molecule has 1 amide bonds. The third-order valence-electron chi connectivity index (χ3n) is 2.45. The zero-order chi connectivity index (χ0) is 13.7. The maximum Gasteiger partial charge on any atom is 0.271 e. The van der Waals surface area contributed by atoms with Gasteiger partial charge < -0.3 is 10.6 Å². The standard InChI is InChI=1S/C11H15N7O/c1-8(5-18-7-13-6-14-18)15-10-4-3-9(16-17-10)11(19)12-2/h3-4,6-8H,5H2,1-2H3,(H,12,19)(H,15,17). The van der Waals surface area contributed by atoms with Crippen molar-refractivity contribution >= 4 is 11.7 Å². The van der Waals surface area contributed by atoms with Gasteiger partial charge in [0.25, 0.3) is 5.91 Å². The molecule has 2 heterocycles. The van der Waals surface area contributed by atoms with Crippen molar-refractivity contribution in [3.63, 3.8) is 0 Å². The predicted octanol–water partition coefficient (Wildman–Crippen LogP) is -0.0717. The van der Waals surface area contributed by atoms with Gasteiger partial charge >= 0.3 is 0 Å². The Bertz CT molecular complexity index is 522. The number of rotatable bonds is 5. The molecule has 8 nitrogen and oxygen atoms in total. The highest BCUT2D eigenvalue weighted by Gasteiger charge is 2.08. The smallest absolute Gasteiger partial charge is 0.271 e. The second-order valence-corrected chi connectivity index (χ2v) is 4.05. The lowest BCUT2D eigenvalue weighted by molar-refractivity contribution is 0.0957. The van der Waals surface area contributed by atoms with Gasteiger partial charge in [-0.3, -0.25) is 9.48 Å². The third kappa shape index (κ3) is 3.47. The van der Waals surface area contributed by atoms with Gasteiger partial charge in [0.2, 0.25) is 0 Å². The molecule has 1 unspecified atom stereocenters. The van der Waals surface area contributed by atoms with Crippen molar-refractivity contribution in [3.05, 3.63) is 30.5 Å². The summed E-state index contributed by atoms with van der Waals surface area (Å²) >= 11 is 0. The molecule has 0 spiro atoms. The Morgan fingerprint density at radius 2 is 2.26 bits per heavy atom. The monoisotopic (exact) mass is 261 g/mol. The molecular weight excluding hydrogens is 246 g/mol. The first kappa shape index (κ1) is 12.9. The van der Waals surface area contributed by atoms with Crippen LogP contribution in [0.15, 0.2) is 24.8 Å². The van der Waals surface area contributed by atoms with Gasteiger partial charge in [0, 0.05) is 13.1 Å². The lowest BCUT2D eigenvalue weighted by Gasteiger charge is -2.13. The highest BCUT2D eigenvalue weighted by Crippen LogP contribution is 2.05. The van der Waals surface area contributed by atoms with Crippen LogP contribution in [0.4, 0.5) is 5.82 Å². The van der Waals surface area contributed by atoms with Crippen LogP contribution in [0.1, 0.15) is 17.4 Å². The number of hydrogen-bond donors (Lipinski definition) is 2. The molecule has 2 aromatic heterocycles. The second-order valence-electron chi connectivity index (χ2n) is 4.05. The van der Waals surface area contributed by atoms with E-state index in [1.165, 1.54) is 6.33 Å². The quantitative estimate of drug-likeness (QED) is 0.781. The van der Waals surface area contributed by atoms with Gasteiger partial charge in [-0.1, -0.05) is 0 Å². The van der Waals surface area contributed by atoms with E-state index < -0.39 is 0 Å². The van der Waals surface area contributed by atoms with Gasteiger partial charge in [-0.25, -0.2) is 4.98 Å². The molecule has 0 bridgehead atoms. The third-order valence-corrected chi connectivity index (χ3v) is 2.45. The number of anilines is 1. The van der Waals surface area contributed by atoms with E-state index in [1.54, 1.807) is 30.2 Å². The predicted molar refractivity (Wildman–Crippen MR) is 68.5 cm³/mol. The number of hydrogen-bond acceptors (Lipinski definition) is 6. The molecule has 2 aromatic rings. The van der Waals surface area contributed by atoms with Crippen LogP contribution >= 0.6 is 0 Å². The van der Waals surface area contributed by atoms with Crippen LogP contribution in [0.5, 0.6) is 0 Å². The molecule has 2 rings (SSSR count). The SMILES string of the molecule is CNC(=O)c1ccc(NC(C)Cn2cncn2)nn1. The Balaban J connectivity index is 1.93. The summed E-state index contributed by atoms with van der Waals surface area (Å²) in [4.78, 5) is 15.2. The van der Waals surface area contributed by atoms with Gasteiger partial charge in [-0.05, 0) is 19.1 Å². The highest BCUT2D eigenvalue weighted by molar-refractivity contribution is 5.91. The Morgan fingerprint density at radius 1 is 1.42 bits per heavy atom. The fourth-order valence-corrected chi connectivity index (χ4v) is 1.56. The van der Waals surface area contributed by atoms with Gasteiger partial charge in [0.1, 0.15) is 18.5 Å². The molecule has 0 aliphatic carbocycles. The fraction of sp³-hybridized carbons (Fsp3) is 0.364. The van der Waals surface area contributed by atoms with Crippen LogP contribution in [-0.2, 0) is 6.54 Å². The molecule has 2 N–H and O–H groups in total. The molecule has 0 saturated heterocycles. The average molecular weight is 261 g/mol. The minimum absolute atomic E-state index is 0.113. The van der Waals surface area contributed by atoms with Gasteiger partial charge in [-0.15, -0.1) is 10.2 Å². The molecule has 0 aliphatic heterocycles. The molecule has 0 radical (unpaired) electrons. The van der Waals surface area contributed by atoms with E-state index in [2.05, 4.69) is 30.9 Å². The molecule has 100 valence electrons. The Morgan fingerprint density at radius 3 is 2.84 bits per heavy atom. The molecular formula is C11H15N7O. The summed E-state index contributed by atoms with van der Waals surface area (Å²) in [6.07, 6.45) is 3.14. The van der Waals surface area contributed by atoms with Crippen molar-refractivity contribution in [1.82, 2.24) is 30.3 Å². The van der Waals surface area contributed by atoms with E-state index in [0.29, 0.717) is 12.4 Å². The summed E-state index contributed by atoms with van der Waals surface area (Å²) in [5.41, 5.74) is 0.289. The van der Waals surface area contributed by atoms with Crippen LogP contribution in [-0.4, -0.2) is 44.0 Å². The number of nitrogens with one attached hydrogen (secondary N) is 2. The van der Waals surface area contributed by atoms with Crippen LogP contribution < -0.4 is 10.6 Å². The largest absolute Gasteiger partial charge is 0.364 e.